The summed E-state index contributed by atoms with van der Waals surface area (Å²) in [6.45, 7) is 4.30. The van der Waals surface area contributed by atoms with E-state index in [9.17, 15) is 0 Å². The van der Waals surface area contributed by atoms with Crippen molar-refractivity contribution in [3.63, 3.8) is 0 Å². The van der Waals surface area contributed by atoms with Crippen LogP contribution in [0, 0.1) is 0 Å². The van der Waals surface area contributed by atoms with Gasteiger partial charge < -0.3 is 5.32 Å². The van der Waals surface area contributed by atoms with Crippen molar-refractivity contribution in [2.24, 2.45) is 4.99 Å². The van der Waals surface area contributed by atoms with Gasteiger partial charge in [0.25, 0.3) is 0 Å². The van der Waals surface area contributed by atoms with Crippen molar-refractivity contribution in [2.45, 2.75) is 25.8 Å². The maximum Gasteiger partial charge on any atom is 0.161 e. The van der Waals surface area contributed by atoms with Crippen molar-refractivity contribution in [1.29, 1.82) is 0 Å². The number of rotatable bonds is 2. The molecular weight excluding hydrogens is 275 g/mol. The van der Waals surface area contributed by atoms with E-state index in [2.05, 4.69) is 24.2 Å². The summed E-state index contributed by atoms with van der Waals surface area (Å²) in [5.41, 5.74) is 0.767. The summed E-state index contributed by atoms with van der Waals surface area (Å²) >= 11 is 13.9. The summed E-state index contributed by atoms with van der Waals surface area (Å²) in [6.07, 6.45) is 1.03. The summed E-state index contributed by atoms with van der Waals surface area (Å²) in [6, 6.07) is 5.46. The van der Waals surface area contributed by atoms with Crippen LogP contribution in [0.15, 0.2) is 23.2 Å². The fourth-order valence-electron chi connectivity index (χ4n) is 1.50. The van der Waals surface area contributed by atoms with E-state index in [1.807, 2.05) is 18.2 Å². The van der Waals surface area contributed by atoms with Gasteiger partial charge in [-0.2, -0.15) is 0 Å². The molecule has 1 N–H and O–H groups in total. The first-order valence-corrected chi connectivity index (χ1v) is 7.22. The highest BCUT2D eigenvalue weighted by Crippen LogP contribution is 2.34. The maximum atomic E-state index is 6.10. The quantitative estimate of drug-likeness (QED) is 0.855. The number of thioether (sulfide) groups is 1. The van der Waals surface area contributed by atoms with Crippen LogP contribution in [0.3, 0.4) is 0 Å². The second-order valence-electron chi connectivity index (χ2n) is 4.28. The van der Waals surface area contributed by atoms with Crippen molar-refractivity contribution < 1.29 is 0 Å². The molecule has 0 aliphatic carbocycles. The molecular formula is C12H14Cl2N2S. The topological polar surface area (TPSA) is 24.4 Å². The van der Waals surface area contributed by atoms with Gasteiger partial charge in [-0.3, -0.25) is 4.99 Å². The van der Waals surface area contributed by atoms with Gasteiger partial charge in [0.15, 0.2) is 5.17 Å². The average molecular weight is 289 g/mol. The number of halogens is 2. The molecule has 0 radical (unpaired) electrons. The normalized spacial score (nSPS) is 23.6. The Hall–Kier alpha value is -0.380. The van der Waals surface area contributed by atoms with Gasteiger partial charge in [-0.15, -0.1) is 0 Å². The Kier molecular flexibility index (Phi) is 3.91. The van der Waals surface area contributed by atoms with Crippen LogP contribution in [0.25, 0.3) is 0 Å². The largest absolute Gasteiger partial charge is 0.333 e. The third-order valence-electron chi connectivity index (χ3n) is 2.85. The van der Waals surface area contributed by atoms with Crippen molar-refractivity contribution in [3.05, 3.63) is 28.2 Å². The minimum atomic E-state index is 0.0285. The first-order valence-electron chi connectivity index (χ1n) is 5.48. The Balaban J connectivity index is 2.20. The fourth-order valence-corrected chi connectivity index (χ4v) is 3.17. The van der Waals surface area contributed by atoms with Gasteiger partial charge in [0.05, 0.1) is 21.3 Å². The highest BCUT2D eigenvalue weighted by Gasteiger charge is 2.29. The Labute approximate surface area is 116 Å². The van der Waals surface area contributed by atoms with Gasteiger partial charge in [-0.1, -0.05) is 48.0 Å². The van der Waals surface area contributed by atoms with E-state index in [0.29, 0.717) is 10.0 Å². The lowest BCUT2D eigenvalue weighted by Crippen LogP contribution is -2.20. The number of para-hydroxylation sites is 1. The molecule has 0 amide bonds. The van der Waals surface area contributed by atoms with Crippen LogP contribution >= 0.6 is 35.0 Å². The third-order valence-corrected chi connectivity index (χ3v) is 4.71. The lowest BCUT2D eigenvalue weighted by Gasteiger charge is -2.15. The van der Waals surface area contributed by atoms with Crippen LogP contribution in [0.2, 0.25) is 10.0 Å². The van der Waals surface area contributed by atoms with Crippen molar-refractivity contribution >= 4 is 45.8 Å². The van der Waals surface area contributed by atoms with Crippen LogP contribution in [-0.4, -0.2) is 16.5 Å². The number of aliphatic imine (C=N–C) groups is 1. The number of hydrogen-bond donors (Lipinski definition) is 1. The number of nitrogens with one attached hydrogen (secondary N) is 1. The number of anilines is 1. The second-order valence-corrected chi connectivity index (χ2v) is 6.06. The summed E-state index contributed by atoms with van der Waals surface area (Å²) in [5.74, 6) is 0.994. The van der Waals surface area contributed by atoms with Crippen molar-refractivity contribution in [2.75, 3.05) is 11.1 Å². The molecule has 1 aliphatic heterocycles. The molecule has 92 valence electrons. The minimum absolute atomic E-state index is 0.0285. The van der Waals surface area contributed by atoms with Gasteiger partial charge in [0.1, 0.15) is 0 Å². The minimum Gasteiger partial charge on any atom is -0.333 e. The molecule has 1 aromatic rings. The highest BCUT2D eigenvalue weighted by atomic mass is 35.5. The Morgan fingerprint density at radius 2 is 2.06 bits per heavy atom. The van der Waals surface area contributed by atoms with Gasteiger partial charge >= 0.3 is 0 Å². The van der Waals surface area contributed by atoms with E-state index in [-0.39, 0.29) is 5.54 Å². The zero-order valence-corrected chi connectivity index (χ0v) is 12.1. The zero-order valence-electron chi connectivity index (χ0n) is 9.76. The molecule has 0 aromatic heterocycles. The fraction of sp³-hybridized carbons (Fsp3) is 0.417. The zero-order chi connectivity index (χ0) is 12.5. The summed E-state index contributed by atoms with van der Waals surface area (Å²) < 4.78 is 0. The molecule has 2 rings (SSSR count). The van der Waals surface area contributed by atoms with Crippen LogP contribution in [-0.2, 0) is 0 Å². The molecule has 17 heavy (non-hydrogen) atoms. The van der Waals surface area contributed by atoms with E-state index in [0.717, 1.165) is 23.0 Å². The van der Waals surface area contributed by atoms with Crippen LogP contribution < -0.4 is 5.32 Å². The van der Waals surface area contributed by atoms with E-state index < -0.39 is 0 Å². The molecule has 0 fully saturated rings. The molecule has 1 heterocycles. The molecule has 0 saturated heterocycles. The highest BCUT2D eigenvalue weighted by molar-refractivity contribution is 8.14. The number of amidine groups is 1. The molecule has 0 spiro atoms. The summed E-state index contributed by atoms with van der Waals surface area (Å²) in [4.78, 5) is 4.67. The van der Waals surface area contributed by atoms with Crippen molar-refractivity contribution in [1.82, 2.24) is 0 Å². The Morgan fingerprint density at radius 3 is 2.59 bits per heavy atom. The lowest BCUT2D eigenvalue weighted by atomic mass is 10.0. The lowest BCUT2D eigenvalue weighted by molar-refractivity contribution is 0.523. The van der Waals surface area contributed by atoms with E-state index >= 15 is 0 Å². The Morgan fingerprint density at radius 1 is 1.41 bits per heavy atom. The number of nitrogens with zero attached hydrogens (tertiary/aromatic N) is 1. The number of hydrogen-bond acceptors (Lipinski definition) is 3. The van der Waals surface area contributed by atoms with E-state index in [1.165, 1.54) is 0 Å². The third kappa shape index (κ3) is 2.90. The smallest absolute Gasteiger partial charge is 0.161 e. The van der Waals surface area contributed by atoms with Crippen LogP contribution in [0.4, 0.5) is 5.69 Å². The molecule has 0 bridgehead atoms. The van der Waals surface area contributed by atoms with Crippen LogP contribution in [0.5, 0.6) is 0 Å². The molecule has 0 saturated carbocycles. The Bertz CT molecular complexity index is 442. The average Bonchev–Trinajstić information content (AvgIpc) is 2.67. The van der Waals surface area contributed by atoms with Crippen LogP contribution in [0.1, 0.15) is 20.3 Å². The molecule has 2 nitrogen and oxygen atoms in total. The van der Waals surface area contributed by atoms with Crippen molar-refractivity contribution in [3.8, 4) is 0 Å². The molecule has 1 aliphatic rings. The predicted octanol–water partition coefficient (Wildman–Crippen LogP) is 4.68. The van der Waals surface area contributed by atoms with E-state index in [1.54, 1.807) is 11.8 Å². The SMILES string of the molecule is CCC1(C)CSC(Nc2c(Cl)cccc2Cl)=N1. The summed E-state index contributed by atoms with van der Waals surface area (Å²) in [7, 11) is 0. The van der Waals surface area contributed by atoms with Gasteiger partial charge in [0, 0.05) is 5.75 Å². The monoisotopic (exact) mass is 288 g/mol. The number of benzene rings is 1. The molecule has 1 unspecified atom stereocenters. The van der Waals surface area contributed by atoms with E-state index in [4.69, 9.17) is 23.2 Å². The maximum absolute atomic E-state index is 6.10. The van der Waals surface area contributed by atoms with Gasteiger partial charge in [0.2, 0.25) is 0 Å². The molecule has 1 aromatic carbocycles. The second kappa shape index (κ2) is 5.09. The first-order chi connectivity index (χ1) is 8.04. The summed E-state index contributed by atoms with van der Waals surface area (Å²) in [5, 5.41) is 5.34. The van der Waals surface area contributed by atoms with Gasteiger partial charge in [-0.25, -0.2) is 0 Å². The molecule has 1 atom stereocenters. The van der Waals surface area contributed by atoms with Gasteiger partial charge in [-0.05, 0) is 25.5 Å². The predicted molar refractivity (Wildman–Crippen MR) is 78.7 cm³/mol. The molecule has 5 heteroatoms. The standard InChI is InChI=1S/C12H14Cl2N2S/c1-3-12(2)7-17-11(16-12)15-10-8(13)5-4-6-9(10)14/h4-6H,3,7H2,1-2H3,(H,15,16). The first kappa shape index (κ1) is 13.1.